The minimum atomic E-state index is -0.243. The summed E-state index contributed by atoms with van der Waals surface area (Å²) in [5.41, 5.74) is 0. The summed E-state index contributed by atoms with van der Waals surface area (Å²) in [6.45, 7) is 6.49. The van der Waals surface area contributed by atoms with Crippen LogP contribution in [0.1, 0.15) is 13.3 Å². The highest BCUT2D eigenvalue weighted by atomic mass is 16.3. The fraction of sp³-hybridized carbons (Fsp3) is 1.00. The first-order chi connectivity index (χ1) is 6.65. The van der Waals surface area contributed by atoms with Crippen LogP contribution in [0.4, 0.5) is 0 Å². The molecule has 0 saturated carbocycles. The minimum absolute atomic E-state index is 0.133. The SMILES string of the molecule is C[C@@H](O)CN1CCN2CC(O)CC2C1. The Kier molecular flexibility index (Phi) is 3.07. The molecule has 0 aliphatic carbocycles. The number of hydrogen-bond donors (Lipinski definition) is 2. The van der Waals surface area contributed by atoms with Crippen molar-refractivity contribution in [1.82, 2.24) is 9.80 Å². The van der Waals surface area contributed by atoms with Crippen molar-refractivity contribution in [2.24, 2.45) is 0 Å². The zero-order valence-corrected chi connectivity index (χ0v) is 8.76. The van der Waals surface area contributed by atoms with Gasteiger partial charge in [0, 0.05) is 38.8 Å². The molecule has 2 unspecified atom stereocenters. The number of fused-ring (bicyclic) bond motifs is 1. The Morgan fingerprint density at radius 2 is 2.14 bits per heavy atom. The first-order valence-electron chi connectivity index (χ1n) is 5.47. The molecule has 0 aromatic rings. The maximum atomic E-state index is 9.52. The van der Waals surface area contributed by atoms with Crippen molar-refractivity contribution in [3.05, 3.63) is 0 Å². The van der Waals surface area contributed by atoms with E-state index in [1.807, 2.05) is 6.92 Å². The zero-order chi connectivity index (χ0) is 10.1. The maximum Gasteiger partial charge on any atom is 0.0682 e. The van der Waals surface area contributed by atoms with Gasteiger partial charge in [-0.05, 0) is 13.3 Å². The third-order valence-corrected chi connectivity index (χ3v) is 3.20. The molecule has 2 aliphatic heterocycles. The van der Waals surface area contributed by atoms with Crippen LogP contribution in [-0.2, 0) is 0 Å². The van der Waals surface area contributed by atoms with Gasteiger partial charge in [-0.2, -0.15) is 0 Å². The van der Waals surface area contributed by atoms with Gasteiger partial charge < -0.3 is 10.2 Å². The van der Waals surface area contributed by atoms with Crippen LogP contribution in [-0.4, -0.2) is 71.0 Å². The first-order valence-corrected chi connectivity index (χ1v) is 5.47. The Morgan fingerprint density at radius 3 is 2.86 bits per heavy atom. The van der Waals surface area contributed by atoms with E-state index in [0.29, 0.717) is 6.04 Å². The monoisotopic (exact) mass is 200 g/mol. The number of aliphatic hydroxyl groups is 2. The van der Waals surface area contributed by atoms with E-state index in [-0.39, 0.29) is 12.2 Å². The largest absolute Gasteiger partial charge is 0.392 e. The number of β-amino-alcohol motifs (C(OH)–C–C–N with tert-alkyl or cyclic N) is 1. The predicted molar refractivity (Wildman–Crippen MR) is 54.1 cm³/mol. The van der Waals surface area contributed by atoms with Gasteiger partial charge in [-0.1, -0.05) is 0 Å². The second-order valence-electron chi connectivity index (χ2n) is 4.65. The highest BCUT2D eigenvalue weighted by molar-refractivity contribution is 4.91. The zero-order valence-electron chi connectivity index (χ0n) is 8.76. The van der Waals surface area contributed by atoms with Crippen molar-refractivity contribution < 1.29 is 10.2 Å². The molecule has 2 aliphatic rings. The first kappa shape index (κ1) is 10.4. The van der Waals surface area contributed by atoms with Gasteiger partial charge in [-0.3, -0.25) is 9.80 Å². The quantitative estimate of drug-likeness (QED) is 0.607. The lowest BCUT2D eigenvalue weighted by atomic mass is 10.1. The Hall–Kier alpha value is -0.160. The molecule has 14 heavy (non-hydrogen) atoms. The summed E-state index contributed by atoms with van der Waals surface area (Å²) < 4.78 is 0. The number of rotatable bonds is 2. The fourth-order valence-corrected chi connectivity index (χ4v) is 2.62. The molecule has 2 fully saturated rings. The van der Waals surface area contributed by atoms with E-state index in [9.17, 15) is 10.2 Å². The molecule has 0 radical (unpaired) electrons. The maximum absolute atomic E-state index is 9.52. The van der Waals surface area contributed by atoms with Crippen molar-refractivity contribution in [2.45, 2.75) is 31.6 Å². The summed E-state index contributed by atoms with van der Waals surface area (Å²) in [5.74, 6) is 0. The second-order valence-corrected chi connectivity index (χ2v) is 4.65. The Labute approximate surface area is 85.1 Å². The van der Waals surface area contributed by atoms with Crippen molar-refractivity contribution in [1.29, 1.82) is 0 Å². The van der Waals surface area contributed by atoms with E-state index < -0.39 is 0 Å². The Bertz CT molecular complexity index is 199. The number of piperazine rings is 1. The average molecular weight is 200 g/mol. The van der Waals surface area contributed by atoms with Gasteiger partial charge in [0.2, 0.25) is 0 Å². The van der Waals surface area contributed by atoms with Crippen LogP contribution < -0.4 is 0 Å². The lowest BCUT2D eigenvalue weighted by Gasteiger charge is -2.37. The van der Waals surface area contributed by atoms with Gasteiger partial charge in [0.1, 0.15) is 0 Å². The normalized spacial score (nSPS) is 37.1. The smallest absolute Gasteiger partial charge is 0.0682 e. The van der Waals surface area contributed by atoms with Gasteiger partial charge >= 0.3 is 0 Å². The van der Waals surface area contributed by atoms with Crippen molar-refractivity contribution in [3.63, 3.8) is 0 Å². The number of hydrogen-bond acceptors (Lipinski definition) is 4. The van der Waals surface area contributed by atoms with E-state index in [1.54, 1.807) is 0 Å². The van der Waals surface area contributed by atoms with Crippen molar-refractivity contribution in [2.75, 3.05) is 32.7 Å². The van der Waals surface area contributed by atoms with Gasteiger partial charge in [0.15, 0.2) is 0 Å². The van der Waals surface area contributed by atoms with E-state index in [0.717, 1.165) is 39.1 Å². The highest BCUT2D eigenvalue weighted by Crippen LogP contribution is 2.21. The van der Waals surface area contributed by atoms with Crippen LogP contribution in [0.25, 0.3) is 0 Å². The van der Waals surface area contributed by atoms with E-state index in [1.165, 1.54) is 0 Å². The molecular formula is C10H20N2O2. The lowest BCUT2D eigenvalue weighted by Crippen LogP contribution is -2.51. The second kappa shape index (κ2) is 4.14. The third kappa shape index (κ3) is 2.25. The van der Waals surface area contributed by atoms with Crippen LogP contribution in [0.2, 0.25) is 0 Å². The summed E-state index contributed by atoms with van der Waals surface area (Å²) in [6, 6.07) is 0.512. The van der Waals surface area contributed by atoms with Crippen LogP contribution in [0, 0.1) is 0 Å². The highest BCUT2D eigenvalue weighted by Gasteiger charge is 2.35. The summed E-state index contributed by atoms with van der Waals surface area (Å²) in [4.78, 5) is 4.66. The number of aliphatic hydroxyl groups excluding tert-OH is 2. The predicted octanol–water partition coefficient (Wildman–Crippen LogP) is -0.882. The molecule has 0 amide bonds. The van der Waals surface area contributed by atoms with E-state index in [4.69, 9.17) is 0 Å². The molecular weight excluding hydrogens is 180 g/mol. The molecule has 0 spiro atoms. The molecule has 3 atom stereocenters. The third-order valence-electron chi connectivity index (χ3n) is 3.20. The standard InChI is InChI=1S/C10H20N2O2/c1-8(13)5-11-2-3-12-7-10(14)4-9(12)6-11/h8-10,13-14H,2-7H2,1H3/t8-,9?,10?/m1/s1. The molecule has 2 N–H and O–H groups in total. The van der Waals surface area contributed by atoms with Crippen molar-refractivity contribution >= 4 is 0 Å². The lowest BCUT2D eigenvalue weighted by molar-refractivity contribution is 0.0628. The molecule has 2 saturated heterocycles. The average Bonchev–Trinajstić information content (AvgIpc) is 2.42. The molecule has 0 aromatic carbocycles. The molecule has 2 heterocycles. The minimum Gasteiger partial charge on any atom is -0.392 e. The molecule has 82 valence electrons. The van der Waals surface area contributed by atoms with Crippen LogP contribution in [0.5, 0.6) is 0 Å². The van der Waals surface area contributed by atoms with Crippen LogP contribution >= 0.6 is 0 Å². The van der Waals surface area contributed by atoms with Crippen LogP contribution in [0.15, 0.2) is 0 Å². The Morgan fingerprint density at radius 1 is 1.36 bits per heavy atom. The van der Waals surface area contributed by atoms with Gasteiger partial charge in [-0.15, -0.1) is 0 Å². The Balaban J connectivity index is 1.85. The molecule has 4 heteroatoms. The molecule has 0 bridgehead atoms. The molecule has 4 nitrogen and oxygen atoms in total. The van der Waals surface area contributed by atoms with Gasteiger partial charge in [0.05, 0.1) is 12.2 Å². The van der Waals surface area contributed by atoms with Gasteiger partial charge in [-0.25, -0.2) is 0 Å². The summed E-state index contributed by atoms with van der Waals surface area (Å²) in [7, 11) is 0. The van der Waals surface area contributed by atoms with E-state index >= 15 is 0 Å². The summed E-state index contributed by atoms with van der Waals surface area (Å²) >= 11 is 0. The summed E-state index contributed by atoms with van der Waals surface area (Å²) in [6.07, 6.45) is 0.524. The fourth-order valence-electron chi connectivity index (χ4n) is 2.62. The molecule has 0 aromatic heterocycles. The van der Waals surface area contributed by atoms with Gasteiger partial charge in [0.25, 0.3) is 0 Å². The molecule has 2 rings (SSSR count). The summed E-state index contributed by atoms with van der Waals surface area (Å²) in [5, 5.41) is 18.8. The topological polar surface area (TPSA) is 46.9 Å². The van der Waals surface area contributed by atoms with E-state index in [2.05, 4.69) is 9.80 Å². The van der Waals surface area contributed by atoms with Crippen LogP contribution in [0.3, 0.4) is 0 Å². The van der Waals surface area contributed by atoms with Crippen molar-refractivity contribution in [3.8, 4) is 0 Å². The number of nitrogens with zero attached hydrogens (tertiary/aromatic N) is 2.